The van der Waals surface area contributed by atoms with E-state index in [1.165, 1.54) is 35.1 Å². The van der Waals surface area contributed by atoms with Gasteiger partial charge in [0.2, 0.25) is 6.41 Å². The largest absolute Gasteiger partial charge is 0.434 e. The number of alkyl halides is 2. The van der Waals surface area contributed by atoms with Crippen molar-refractivity contribution in [1.29, 1.82) is 0 Å². The molecular formula is C28H30ClF2N3O2S. The average Bonchev–Trinajstić information content (AvgIpc) is 3.64. The first-order valence-electron chi connectivity index (χ1n) is 12.1. The maximum Gasteiger partial charge on any atom is 0.387 e. The zero-order valence-corrected chi connectivity index (χ0v) is 22.3. The lowest BCUT2D eigenvalue weighted by atomic mass is 10.0. The Morgan fingerprint density at radius 2 is 1.81 bits per heavy atom. The van der Waals surface area contributed by atoms with Crippen LogP contribution in [0.3, 0.4) is 0 Å². The van der Waals surface area contributed by atoms with E-state index in [0.29, 0.717) is 22.6 Å². The average molecular weight is 546 g/mol. The quantitative estimate of drug-likeness (QED) is 0.175. The van der Waals surface area contributed by atoms with Crippen LogP contribution < -0.4 is 10.5 Å². The smallest absolute Gasteiger partial charge is 0.387 e. The number of nitrogens with one attached hydrogen (secondary N) is 1. The number of rotatable bonds is 8. The molecule has 1 heterocycles. The van der Waals surface area contributed by atoms with Crippen LogP contribution in [0.4, 0.5) is 8.78 Å². The van der Waals surface area contributed by atoms with Gasteiger partial charge in [-0.3, -0.25) is 4.79 Å². The summed E-state index contributed by atoms with van der Waals surface area (Å²) in [6.45, 7) is 1.09. The summed E-state index contributed by atoms with van der Waals surface area (Å²) in [6.07, 6.45) is 3.65. The van der Waals surface area contributed by atoms with E-state index in [1.807, 2.05) is 31.7 Å². The number of fused-ring (bicyclic) bond motifs is 1. The van der Waals surface area contributed by atoms with E-state index in [2.05, 4.69) is 39.7 Å². The van der Waals surface area contributed by atoms with Gasteiger partial charge in [-0.2, -0.15) is 8.78 Å². The molecule has 3 N–H and O–H groups in total. The third-order valence-electron chi connectivity index (χ3n) is 5.49. The number of amides is 1. The number of hydrogen-bond acceptors (Lipinski definition) is 4. The molecule has 1 aliphatic carbocycles. The van der Waals surface area contributed by atoms with Crippen molar-refractivity contribution in [1.82, 2.24) is 9.97 Å². The number of carbonyl (C=O) groups excluding carboxylic acids is 1. The standard InChI is InChI=1S/C25H21ClF2N2OS.C2H6.CH3NO/c26-20-13-22-21(12-19(20)18-3-1-2-4-23(18)31-25(27)28)29-24(30-22)11-15-7-9-17(10-8-15)32-14-16-5-6-16;1-2;2-1-3/h1-4,7-10,12-13,16,25H,5-6,11,14H2,(H,29,30);1-2H3;1H,(H2,2,3). The molecule has 5 nitrogen and oxygen atoms in total. The number of primary amides is 1. The van der Waals surface area contributed by atoms with Crippen LogP contribution in [-0.4, -0.2) is 28.7 Å². The fourth-order valence-corrected chi connectivity index (χ4v) is 5.01. The third-order valence-corrected chi connectivity index (χ3v) is 7.05. The van der Waals surface area contributed by atoms with Gasteiger partial charge in [-0.25, -0.2) is 4.98 Å². The number of halogens is 3. The number of aromatic nitrogens is 2. The van der Waals surface area contributed by atoms with Gasteiger partial charge in [0.15, 0.2) is 0 Å². The van der Waals surface area contributed by atoms with Crippen molar-refractivity contribution in [2.75, 3.05) is 5.75 Å². The maximum atomic E-state index is 12.8. The number of carbonyl (C=O) groups is 1. The van der Waals surface area contributed by atoms with Gasteiger partial charge in [-0.05, 0) is 54.7 Å². The van der Waals surface area contributed by atoms with Gasteiger partial charge < -0.3 is 15.5 Å². The molecular weight excluding hydrogens is 516 g/mol. The first-order valence-corrected chi connectivity index (χ1v) is 13.4. The van der Waals surface area contributed by atoms with Crippen LogP contribution in [0.2, 0.25) is 5.02 Å². The zero-order chi connectivity index (χ0) is 26.8. The van der Waals surface area contributed by atoms with Crippen molar-refractivity contribution in [2.24, 2.45) is 11.7 Å². The fraction of sp³-hybridized carbons (Fsp3) is 0.286. The number of benzene rings is 3. The highest BCUT2D eigenvalue weighted by Gasteiger charge is 2.21. The van der Waals surface area contributed by atoms with Gasteiger partial charge in [-0.15, -0.1) is 11.8 Å². The molecule has 0 unspecified atom stereocenters. The molecule has 1 amide bonds. The van der Waals surface area contributed by atoms with Crippen molar-refractivity contribution in [3.63, 3.8) is 0 Å². The first kappa shape index (κ1) is 28.5. The van der Waals surface area contributed by atoms with Crippen molar-refractivity contribution in [3.8, 4) is 16.9 Å². The fourth-order valence-electron chi connectivity index (χ4n) is 3.66. The molecule has 0 bridgehead atoms. The predicted molar refractivity (Wildman–Crippen MR) is 147 cm³/mol. The van der Waals surface area contributed by atoms with Crippen molar-refractivity contribution in [2.45, 2.75) is 44.6 Å². The topological polar surface area (TPSA) is 81.0 Å². The second-order valence-electron chi connectivity index (χ2n) is 8.12. The van der Waals surface area contributed by atoms with Gasteiger partial charge in [-0.1, -0.05) is 55.8 Å². The Labute approximate surface area is 224 Å². The zero-order valence-electron chi connectivity index (χ0n) is 20.7. The molecule has 37 heavy (non-hydrogen) atoms. The van der Waals surface area contributed by atoms with Gasteiger partial charge in [0.25, 0.3) is 0 Å². The molecule has 1 saturated carbocycles. The number of nitrogens with two attached hydrogens (primary N) is 1. The molecule has 0 atom stereocenters. The highest BCUT2D eigenvalue weighted by atomic mass is 35.5. The van der Waals surface area contributed by atoms with Gasteiger partial charge >= 0.3 is 6.61 Å². The molecule has 3 aromatic carbocycles. The number of ether oxygens (including phenoxy) is 1. The molecule has 0 spiro atoms. The summed E-state index contributed by atoms with van der Waals surface area (Å²) in [5, 5.41) is 0.440. The lowest BCUT2D eigenvalue weighted by molar-refractivity contribution is -0.106. The molecule has 1 fully saturated rings. The van der Waals surface area contributed by atoms with Gasteiger partial charge in [0.05, 0.1) is 16.1 Å². The minimum atomic E-state index is -2.91. The number of aromatic amines is 1. The molecule has 0 saturated heterocycles. The van der Waals surface area contributed by atoms with Crippen LogP contribution >= 0.6 is 23.4 Å². The van der Waals surface area contributed by atoms with Gasteiger partial charge in [0.1, 0.15) is 11.6 Å². The van der Waals surface area contributed by atoms with E-state index in [0.717, 1.165) is 22.8 Å². The second-order valence-corrected chi connectivity index (χ2v) is 9.62. The van der Waals surface area contributed by atoms with Crippen LogP contribution in [0.15, 0.2) is 65.6 Å². The summed E-state index contributed by atoms with van der Waals surface area (Å²) < 4.78 is 30.3. The highest BCUT2D eigenvalue weighted by molar-refractivity contribution is 7.99. The summed E-state index contributed by atoms with van der Waals surface area (Å²) in [5.74, 6) is 3.01. The summed E-state index contributed by atoms with van der Waals surface area (Å²) >= 11 is 8.42. The van der Waals surface area contributed by atoms with Crippen molar-refractivity contribution < 1.29 is 18.3 Å². The number of para-hydroxylation sites is 1. The molecule has 0 radical (unpaired) electrons. The monoisotopic (exact) mass is 545 g/mol. The van der Waals surface area contributed by atoms with Crippen molar-refractivity contribution >= 4 is 40.8 Å². The molecule has 1 aliphatic rings. The van der Waals surface area contributed by atoms with E-state index < -0.39 is 6.61 Å². The molecule has 4 aromatic rings. The minimum absolute atomic E-state index is 0.0826. The summed E-state index contributed by atoms with van der Waals surface area (Å²) in [4.78, 5) is 17.9. The summed E-state index contributed by atoms with van der Waals surface area (Å²) in [5.41, 5.74) is 7.97. The number of hydrogen-bond donors (Lipinski definition) is 2. The van der Waals surface area contributed by atoms with Crippen LogP contribution in [0, 0.1) is 5.92 Å². The molecule has 5 rings (SSSR count). The van der Waals surface area contributed by atoms with E-state index in [4.69, 9.17) is 21.4 Å². The number of nitrogens with zero attached hydrogens (tertiary/aromatic N) is 1. The first-order chi connectivity index (χ1) is 18.0. The van der Waals surface area contributed by atoms with Gasteiger partial charge in [0, 0.05) is 28.2 Å². The number of H-pyrrole nitrogens is 1. The molecule has 9 heteroatoms. The van der Waals surface area contributed by atoms with Crippen LogP contribution in [0.1, 0.15) is 38.1 Å². The Hall–Kier alpha value is -3.10. The normalized spacial score (nSPS) is 12.4. The molecule has 0 aliphatic heterocycles. The maximum absolute atomic E-state index is 12.8. The molecule has 196 valence electrons. The Bertz CT molecular complexity index is 1290. The van der Waals surface area contributed by atoms with E-state index in [9.17, 15) is 8.78 Å². The highest BCUT2D eigenvalue weighted by Crippen LogP contribution is 2.38. The Morgan fingerprint density at radius 3 is 2.46 bits per heavy atom. The molecule has 1 aromatic heterocycles. The Kier molecular flexibility index (Phi) is 10.8. The van der Waals surface area contributed by atoms with Crippen LogP contribution in [-0.2, 0) is 11.2 Å². The van der Waals surface area contributed by atoms with Crippen LogP contribution in [0.5, 0.6) is 5.75 Å². The summed E-state index contributed by atoms with van der Waals surface area (Å²) in [7, 11) is 0. The Morgan fingerprint density at radius 1 is 1.14 bits per heavy atom. The van der Waals surface area contributed by atoms with E-state index >= 15 is 0 Å². The second kappa shape index (κ2) is 14.0. The lowest BCUT2D eigenvalue weighted by Crippen LogP contribution is -2.03. The minimum Gasteiger partial charge on any atom is -0.434 e. The van der Waals surface area contributed by atoms with Crippen LogP contribution in [0.25, 0.3) is 22.2 Å². The SMILES string of the molecule is CC.FC(F)Oc1ccccc1-c1cc2nc(Cc3ccc(SCC4CC4)cc3)[nH]c2cc1Cl.NC=O. The lowest BCUT2D eigenvalue weighted by Gasteiger charge is -2.11. The Balaban J connectivity index is 0.000000711. The third kappa shape index (κ3) is 8.20. The number of thioether (sulfide) groups is 1. The number of imidazole rings is 1. The van der Waals surface area contributed by atoms with E-state index in [1.54, 1.807) is 24.3 Å². The van der Waals surface area contributed by atoms with Crippen molar-refractivity contribution in [3.05, 3.63) is 77.1 Å². The predicted octanol–water partition coefficient (Wildman–Crippen LogP) is 7.71. The van der Waals surface area contributed by atoms with E-state index in [-0.39, 0.29) is 12.2 Å². The summed E-state index contributed by atoms with van der Waals surface area (Å²) in [6, 6.07) is 18.8.